The minimum atomic E-state index is 0.220. The summed E-state index contributed by atoms with van der Waals surface area (Å²) in [5.74, 6) is 0.220. The molecule has 0 aliphatic rings. The molecule has 1 aromatic carbocycles. The van der Waals surface area contributed by atoms with Crippen LogP contribution in [0.3, 0.4) is 0 Å². The molecule has 0 N–H and O–H groups in total. The highest BCUT2D eigenvalue weighted by molar-refractivity contribution is 6.32. The van der Waals surface area contributed by atoms with Crippen molar-refractivity contribution in [3.8, 4) is 0 Å². The standard InChI is InChI=1S/C11H12Cl/c1-4-9-6-5-7-10(8(2)3)11(9)12/h4-8H,1-2H2,3H3. The summed E-state index contributed by atoms with van der Waals surface area (Å²) in [6.07, 6.45) is 1.76. The lowest BCUT2D eigenvalue weighted by Gasteiger charge is -2.09. The lowest BCUT2D eigenvalue weighted by Crippen LogP contribution is -1.90. The predicted molar refractivity (Wildman–Crippen MR) is 55.3 cm³/mol. The first-order chi connectivity index (χ1) is 5.66. The number of rotatable bonds is 2. The van der Waals surface area contributed by atoms with Gasteiger partial charge in [0, 0.05) is 0 Å². The Morgan fingerprint density at radius 1 is 1.50 bits per heavy atom. The van der Waals surface area contributed by atoms with Crippen molar-refractivity contribution < 1.29 is 0 Å². The van der Waals surface area contributed by atoms with Gasteiger partial charge in [0.15, 0.2) is 0 Å². The molecule has 0 fully saturated rings. The van der Waals surface area contributed by atoms with Gasteiger partial charge in [-0.2, -0.15) is 0 Å². The van der Waals surface area contributed by atoms with Gasteiger partial charge in [-0.3, -0.25) is 0 Å². The highest BCUT2D eigenvalue weighted by atomic mass is 35.5. The van der Waals surface area contributed by atoms with E-state index in [9.17, 15) is 0 Å². The molecule has 1 unspecified atom stereocenters. The van der Waals surface area contributed by atoms with Crippen LogP contribution >= 0.6 is 11.6 Å². The summed E-state index contributed by atoms with van der Waals surface area (Å²) in [7, 11) is 0. The van der Waals surface area contributed by atoms with Crippen molar-refractivity contribution in [3.63, 3.8) is 0 Å². The van der Waals surface area contributed by atoms with E-state index in [2.05, 4.69) is 13.5 Å². The van der Waals surface area contributed by atoms with Gasteiger partial charge in [-0.1, -0.05) is 49.4 Å². The average molecular weight is 180 g/mol. The Kier molecular flexibility index (Phi) is 2.93. The number of benzene rings is 1. The minimum Gasteiger partial charge on any atom is -0.0984 e. The van der Waals surface area contributed by atoms with Crippen molar-refractivity contribution in [2.24, 2.45) is 0 Å². The van der Waals surface area contributed by atoms with Gasteiger partial charge in [0.05, 0.1) is 5.02 Å². The zero-order valence-electron chi connectivity index (χ0n) is 7.18. The van der Waals surface area contributed by atoms with E-state index in [-0.39, 0.29) is 5.92 Å². The summed E-state index contributed by atoms with van der Waals surface area (Å²) in [5.41, 5.74) is 2.05. The smallest absolute Gasteiger partial charge is 0.0512 e. The molecular weight excluding hydrogens is 168 g/mol. The third-order valence-corrected chi connectivity index (χ3v) is 2.25. The molecule has 0 aliphatic carbocycles. The first kappa shape index (κ1) is 9.34. The maximum atomic E-state index is 6.09. The van der Waals surface area contributed by atoms with E-state index in [1.807, 2.05) is 25.1 Å². The molecule has 0 saturated carbocycles. The van der Waals surface area contributed by atoms with Crippen LogP contribution < -0.4 is 0 Å². The van der Waals surface area contributed by atoms with Gasteiger partial charge < -0.3 is 0 Å². The van der Waals surface area contributed by atoms with Crippen LogP contribution in [0.1, 0.15) is 24.0 Å². The van der Waals surface area contributed by atoms with Gasteiger partial charge in [0.1, 0.15) is 0 Å². The molecular formula is C11H12Cl. The molecule has 0 bridgehead atoms. The highest BCUT2D eigenvalue weighted by Crippen LogP contribution is 2.27. The Balaban J connectivity index is 3.22. The lowest BCUT2D eigenvalue weighted by atomic mass is 10.0. The summed E-state index contributed by atoms with van der Waals surface area (Å²) < 4.78 is 0. The van der Waals surface area contributed by atoms with E-state index in [1.165, 1.54) is 0 Å². The number of hydrogen-bond acceptors (Lipinski definition) is 0. The molecule has 0 aromatic heterocycles. The first-order valence-electron chi connectivity index (χ1n) is 3.90. The second-order valence-corrected chi connectivity index (χ2v) is 3.23. The van der Waals surface area contributed by atoms with Crippen molar-refractivity contribution in [2.75, 3.05) is 0 Å². The maximum Gasteiger partial charge on any atom is 0.0512 e. The minimum absolute atomic E-state index is 0.220. The molecule has 0 aliphatic heterocycles. The first-order valence-corrected chi connectivity index (χ1v) is 4.28. The van der Waals surface area contributed by atoms with Gasteiger partial charge in [-0.05, 0) is 24.0 Å². The van der Waals surface area contributed by atoms with Gasteiger partial charge in [0.2, 0.25) is 0 Å². The highest BCUT2D eigenvalue weighted by Gasteiger charge is 2.06. The van der Waals surface area contributed by atoms with Crippen LogP contribution in [0.15, 0.2) is 24.8 Å². The Bertz CT molecular complexity index is 287. The Hall–Kier alpha value is -0.750. The van der Waals surface area contributed by atoms with Crippen molar-refractivity contribution in [1.29, 1.82) is 0 Å². The monoisotopic (exact) mass is 179 g/mol. The topological polar surface area (TPSA) is 0 Å². The van der Waals surface area contributed by atoms with Crippen LogP contribution in [0.4, 0.5) is 0 Å². The average Bonchev–Trinajstić information content (AvgIpc) is 2.04. The van der Waals surface area contributed by atoms with Crippen LogP contribution in [0.5, 0.6) is 0 Å². The Morgan fingerprint density at radius 2 is 2.17 bits per heavy atom. The van der Waals surface area contributed by atoms with E-state index in [0.717, 1.165) is 16.1 Å². The molecule has 0 saturated heterocycles. The molecule has 1 heteroatoms. The second-order valence-electron chi connectivity index (χ2n) is 2.86. The molecule has 0 heterocycles. The lowest BCUT2D eigenvalue weighted by molar-refractivity contribution is 0.964. The fraction of sp³-hybridized carbons (Fsp3) is 0.182. The van der Waals surface area contributed by atoms with Crippen LogP contribution in [0.25, 0.3) is 6.08 Å². The molecule has 63 valence electrons. The van der Waals surface area contributed by atoms with E-state index in [4.69, 9.17) is 11.6 Å². The Labute approximate surface area is 78.9 Å². The van der Waals surface area contributed by atoms with Crippen molar-refractivity contribution in [3.05, 3.63) is 47.9 Å². The van der Waals surface area contributed by atoms with Crippen molar-refractivity contribution in [2.45, 2.75) is 12.8 Å². The predicted octanol–water partition coefficient (Wildman–Crippen LogP) is 3.92. The molecule has 12 heavy (non-hydrogen) atoms. The van der Waals surface area contributed by atoms with Gasteiger partial charge in [0.25, 0.3) is 0 Å². The SMILES string of the molecule is [CH2]C(C)c1cccc(C=C)c1Cl. The fourth-order valence-electron chi connectivity index (χ4n) is 1.11. The molecule has 1 atom stereocenters. The molecule has 0 amide bonds. The van der Waals surface area contributed by atoms with Crippen LogP contribution in [-0.4, -0.2) is 0 Å². The van der Waals surface area contributed by atoms with Gasteiger partial charge in [-0.25, -0.2) is 0 Å². The summed E-state index contributed by atoms with van der Waals surface area (Å²) in [4.78, 5) is 0. The molecule has 0 nitrogen and oxygen atoms in total. The Morgan fingerprint density at radius 3 is 2.67 bits per heavy atom. The summed E-state index contributed by atoms with van der Waals surface area (Å²) in [5, 5.41) is 0.773. The van der Waals surface area contributed by atoms with E-state index in [1.54, 1.807) is 6.08 Å². The zero-order valence-corrected chi connectivity index (χ0v) is 7.93. The van der Waals surface area contributed by atoms with Crippen LogP contribution in [0, 0.1) is 6.92 Å². The normalized spacial score (nSPS) is 10.3. The van der Waals surface area contributed by atoms with E-state index in [0.29, 0.717) is 0 Å². The molecule has 0 spiro atoms. The summed E-state index contributed by atoms with van der Waals surface area (Å²) >= 11 is 6.09. The van der Waals surface area contributed by atoms with Gasteiger partial charge >= 0.3 is 0 Å². The van der Waals surface area contributed by atoms with Crippen LogP contribution in [0.2, 0.25) is 5.02 Å². The third-order valence-electron chi connectivity index (χ3n) is 1.81. The van der Waals surface area contributed by atoms with Crippen molar-refractivity contribution in [1.82, 2.24) is 0 Å². The summed E-state index contributed by atoms with van der Waals surface area (Å²) in [6, 6.07) is 5.91. The fourth-order valence-corrected chi connectivity index (χ4v) is 1.50. The second kappa shape index (κ2) is 3.77. The molecule has 1 aromatic rings. The number of hydrogen-bond donors (Lipinski definition) is 0. The third kappa shape index (κ3) is 1.70. The maximum absolute atomic E-state index is 6.09. The zero-order chi connectivity index (χ0) is 9.14. The molecule has 1 radical (unpaired) electrons. The number of halogens is 1. The quantitative estimate of drug-likeness (QED) is 0.646. The van der Waals surface area contributed by atoms with Gasteiger partial charge in [-0.15, -0.1) is 0 Å². The largest absolute Gasteiger partial charge is 0.0984 e. The van der Waals surface area contributed by atoms with Crippen LogP contribution in [-0.2, 0) is 0 Å². The van der Waals surface area contributed by atoms with Crippen molar-refractivity contribution >= 4 is 17.7 Å². The summed E-state index contributed by atoms with van der Waals surface area (Å²) in [6.45, 7) is 9.64. The van der Waals surface area contributed by atoms with E-state index >= 15 is 0 Å². The van der Waals surface area contributed by atoms with E-state index < -0.39 is 0 Å². The molecule has 1 rings (SSSR count).